The number of hydrogen-bond acceptors (Lipinski definition) is 9. The lowest BCUT2D eigenvalue weighted by atomic mass is 9.58. The standard InChI is InChI=1S/C29H44O9Si/c1-15-11-22-27(24(15)33,38-39(8,9)10)13-20(14-35-17(3)30)12-21-23-26(6,7)29(23,37-19(5)32)25(36-18(4)31)16(2)28(21,22)34/h12,15-16,21-23,25,34H,11,13-14H2,1-10H3/t15-,16+,21-,22+,23+,25+,27+,28+,29+/m0/s1. The largest absolute Gasteiger partial charge is 0.461 e. The van der Waals surface area contributed by atoms with E-state index in [1.165, 1.54) is 20.8 Å². The zero-order valence-electron chi connectivity index (χ0n) is 24.9. The summed E-state index contributed by atoms with van der Waals surface area (Å²) in [6.07, 6.45) is 1.58. The third kappa shape index (κ3) is 4.32. The molecule has 0 aromatic rings. The van der Waals surface area contributed by atoms with Crippen LogP contribution < -0.4 is 0 Å². The van der Waals surface area contributed by atoms with Crippen molar-refractivity contribution in [3.63, 3.8) is 0 Å². The molecular formula is C29H44O9Si. The van der Waals surface area contributed by atoms with E-state index >= 15 is 0 Å². The average Bonchev–Trinajstić information content (AvgIpc) is 3.19. The van der Waals surface area contributed by atoms with Crippen LogP contribution in [0.1, 0.15) is 61.3 Å². The highest BCUT2D eigenvalue weighted by atomic mass is 28.4. The van der Waals surface area contributed by atoms with Crippen LogP contribution >= 0.6 is 0 Å². The first kappa shape index (κ1) is 29.9. The van der Waals surface area contributed by atoms with Gasteiger partial charge in [0.05, 0.1) is 5.60 Å². The molecule has 0 bridgehead atoms. The molecule has 0 spiro atoms. The molecule has 9 atom stereocenters. The normalized spacial score (nSPS) is 42.2. The van der Waals surface area contributed by atoms with Crippen molar-refractivity contribution in [2.75, 3.05) is 6.61 Å². The van der Waals surface area contributed by atoms with Crippen molar-refractivity contribution >= 4 is 32.0 Å². The monoisotopic (exact) mass is 564 g/mol. The summed E-state index contributed by atoms with van der Waals surface area (Å²) in [5.41, 5.74) is -4.00. The van der Waals surface area contributed by atoms with Crippen molar-refractivity contribution in [3.05, 3.63) is 11.6 Å². The van der Waals surface area contributed by atoms with Gasteiger partial charge in [-0.25, -0.2) is 0 Å². The number of hydrogen-bond donors (Lipinski definition) is 1. The van der Waals surface area contributed by atoms with Crippen LogP contribution in [-0.4, -0.2) is 66.6 Å². The van der Waals surface area contributed by atoms with Gasteiger partial charge >= 0.3 is 17.9 Å². The molecule has 4 aliphatic carbocycles. The Morgan fingerprint density at radius 1 is 1.05 bits per heavy atom. The molecule has 0 aromatic carbocycles. The summed E-state index contributed by atoms with van der Waals surface area (Å²) in [5.74, 6) is -4.24. The fourth-order valence-corrected chi connectivity index (χ4v) is 9.95. The number of ketones is 1. The lowest BCUT2D eigenvalue weighted by Crippen LogP contribution is -2.67. The highest BCUT2D eigenvalue weighted by molar-refractivity contribution is 6.70. The number of carbonyl (C=O) groups is 4. The van der Waals surface area contributed by atoms with Crippen molar-refractivity contribution in [2.45, 2.75) is 104 Å². The Kier molecular flexibility index (Phi) is 7.09. The number of esters is 3. The van der Waals surface area contributed by atoms with Gasteiger partial charge in [-0.05, 0) is 31.6 Å². The van der Waals surface area contributed by atoms with Crippen LogP contribution in [0.2, 0.25) is 19.6 Å². The zero-order chi connectivity index (χ0) is 29.5. The SMILES string of the molecule is CC(=O)OCC1=C[C@H]2[C@@H]3C(C)(C)[C@]3(OC(C)=O)[C@H](OC(C)=O)[C@@H](C)[C@]2(O)[C@@H]2C[C@H](C)C(=O)[C@@]2(O[Si](C)(C)C)C1. The van der Waals surface area contributed by atoms with Crippen LogP contribution in [0.3, 0.4) is 0 Å². The molecule has 0 aromatic heterocycles. The molecule has 3 saturated carbocycles. The first-order valence-electron chi connectivity index (χ1n) is 13.9. The van der Waals surface area contributed by atoms with Crippen LogP contribution in [-0.2, 0) is 37.8 Å². The van der Waals surface area contributed by atoms with E-state index in [4.69, 9.17) is 18.6 Å². The fraction of sp³-hybridized carbons (Fsp3) is 0.793. The van der Waals surface area contributed by atoms with E-state index in [0.29, 0.717) is 12.0 Å². The Bertz CT molecular complexity index is 1120. The van der Waals surface area contributed by atoms with Crippen molar-refractivity contribution in [3.8, 4) is 0 Å². The number of fused-ring (bicyclic) bond motifs is 5. The summed E-state index contributed by atoms with van der Waals surface area (Å²) in [6, 6.07) is 0. The number of Topliss-reactive ketones (excluding diaryl/α,β-unsaturated/α-hetero) is 1. The smallest absolute Gasteiger partial charge is 0.303 e. The molecule has 9 nitrogen and oxygen atoms in total. The quantitative estimate of drug-likeness (QED) is 0.223. The predicted octanol–water partition coefficient (Wildman–Crippen LogP) is 3.58. The molecule has 0 saturated heterocycles. The number of aliphatic hydroxyl groups is 1. The minimum atomic E-state index is -2.36. The van der Waals surface area contributed by atoms with Gasteiger partial charge in [0.25, 0.3) is 0 Å². The van der Waals surface area contributed by atoms with Gasteiger partial charge in [0.2, 0.25) is 0 Å². The summed E-state index contributed by atoms with van der Waals surface area (Å²) in [4.78, 5) is 50.7. The highest BCUT2D eigenvalue weighted by Crippen LogP contribution is 2.77. The Labute approximate surface area is 232 Å². The topological polar surface area (TPSA) is 125 Å². The first-order chi connectivity index (χ1) is 17.8. The summed E-state index contributed by atoms with van der Waals surface area (Å²) >= 11 is 0. The molecular weight excluding hydrogens is 520 g/mol. The summed E-state index contributed by atoms with van der Waals surface area (Å²) in [5, 5.41) is 13.1. The van der Waals surface area contributed by atoms with Crippen molar-refractivity contribution < 1.29 is 42.9 Å². The lowest BCUT2D eigenvalue weighted by Gasteiger charge is -2.54. The predicted molar refractivity (Wildman–Crippen MR) is 144 cm³/mol. The second kappa shape index (κ2) is 9.24. The second-order valence-electron chi connectivity index (χ2n) is 13.8. The molecule has 39 heavy (non-hydrogen) atoms. The Balaban J connectivity index is 1.99. The van der Waals surface area contributed by atoms with Crippen LogP contribution in [0.25, 0.3) is 0 Å². The molecule has 0 amide bonds. The molecule has 10 heteroatoms. The molecule has 0 unspecified atom stereocenters. The van der Waals surface area contributed by atoms with Gasteiger partial charge in [-0.2, -0.15) is 0 Å². The van der Waals surface area contributed by atoms with Crippen LogP contribution in [0.15, 0.2) is 11.6 Å². The molecule has 3 fully saturated rings. The van der Waals surface area contributed by atoms with E-state index < -0.39 is 78.2 Å². The van der Waals surface area contributed by atoms with E-state index in [9.17, 15) is 24.3 Å². The van der Waals surface area contributed by atoms with E-state index in [-0.39, 0.29) is 24.7 Å². The van der Waals surface area contributed by atoms with Crippen molar-refractivity contribution in [1.82, 2.24) is 0 Å². The van der Waals surface area contributed by atoms with E-state index in [0.717, 1.165) is 0 Å². The maximum Gasteiger partial charge on any atom is 0.303 e. The third-order valence-electron chi connectivity index (χ3n) is 9.70. The summed E-state index contributed by atoms with van der Waals surface area (Å²) in [7, 11) is -2.36. The minimum absolute atomic E-state index is 0.0391. The maximum absolute atomic E-state index is 14.1. The third-order valence-corrected chi connectivity index (χ3v) is 10.7. The van der Waals surface area contributed by atoms with E-state index in [1.807, 2.05) is 53.4 Å². The maximum atomic E-state index is 14.1. The van der Waals surface area contributed by atoms with Gasteiger partial charge in [0, 0.05) is 62.2 Å². The molecule has 0 aliphatic heterocycles. The zero-order valence-corrected chi connectivity index (χ0v) is 25.9. The van der Waals surface area contributed by atoms with Gasteiger partial charge in [-0.15, -0.1) is 0 Å². The van der Waals surface area contributed by atoms with Crippen molar-refractivity contribution in [1.29, 1.82) is 0 Å². The van der Waals surface area contributed by atoms with Crippen LogP contribution in [0.4, 0.5) is 0 Å². The van der Waals surface area contributed by atoms with Crippen LogP contribution in [0, 0.1) is 35.0 Å². The number of ether oxygens (including phenoxy) is 3. The summed E-state index contributed by atoms with van der Waals surface area (Å²) in [6.45, 7) is 17.5. The minimum Gasteiger partial charge on any atom is -0.461 e. The number of rotatable bonds is 6. The van der Waals surface area contributed by atoms with E-state index in [1.54, 1.807) is 0 Å². The fourth-order valence-electron chi connectivity index (χ4n) is 8.54. The van der Waals surface area contributed by atoms with Gasteiger partial charge in [0.15, 0.2) is 19.7 Å². The Hall–Kier alpha value is -2.04. The molecule has 4 aliphatic rings. The van der Waals surface area contributed by atoms with Crippen LogP contribution in [0.5, 0.6) is 0 Å². The molecule has 1 N–H and O–H groups in total. The van der Waals surface area contributed by atoms with Gasteiger partial charge in [0.1, 0.15) is 18.3 Å². The van der Waals surface area contributed by atoms with E-state index in [2.05, 4.69) is 0 Å². The molecule has 218 valence electrons. The summed E-state index contributed by atoms with van der Waals surface area (Å²) < 4.78 is 24.2. The molecule has 0 radical (unpaired) electrons. The second-order valence-corrected chi connectivity index (χ2v) is 18.2. The lowest BCUT2D eigenvalue weighted by molar-refractivity contribution is -0.231. The van der Waals surface area contributed by atoms with Gasteiger partial charge < -0.3 is 23.7 Å². The Morgan fingerprint density at radius 3 is 2.18 bits per heavy atom. The van der Waals surface area contributed by atoms with Gasteiger partial charge in [-0.1, -0.05) is 33.8 Å². The first-order valence-corrected chi connectivity index (χ1v) is 17.3. The van der Waals surface area contributed by atoms with Gasteiger partial charge in [-0.3, -0.25) is 19.2 Å². The number of carbonyl (C=O) groups excluding carboxylic acids is 4. The van der Waals surface area contributed by atoms with Crippen molar-refractivity contribution in [2.24, 2.45) is 35.0 Å². The molecule has 0 heterocycles. The highest BCUT2D eigenvalue weighted by Gasteiger charge is 2.88. The molecule has 4 rings (SSSR count). The average molecular weight is 565 g/mol. The Morgan fingerprint density at radius 2 is 1.67 bits per heavy atom.